The van der Waals surface area contributed by atoms with Crippen LogP contribution >= 0.6 is 0 Å². The molecule has 0 N–H and O–H groups in total. The largest absolute Gasteiger partial charge is 0.278 e. The Morgan fingerprint density at radius 3 is 2.12 bits per heavy atom. The first-order valence-corrected chi connectivity index (χ1v) is 9.12. The number of anilines is 3. The monoisotopic (exact) mass is 327 g/mol. The molecule has 0 atom stereocenters. The minimum atomic E-state index is 0.900. The molecular formula is C22H21N3. The van der Waals surface area contributed by atoms with Crippen LogP contribution in [0.1, 0.15) is 40.7 Å². The van der Waals surface area contributed by atoms with Gasteiger partial charge in [0, 0.05) is 18.8 Å². The summed E-state index contributed by atoms with van der Waals surface area (Å²) >= 11 is 0. The minimum Gasteiger partial charge on any atom is -0.278 e. The lowest BCUT2D eigenvalue weighted by molar-refractivity contribution is 0.681. The Balaban J connectivity index is 1.78. The summed E-state index contributed by atoms with van der Waals surface area (Å²) in [6.45, 7) is 2.24. The van der Waals surface area contributed by atoms with Gasteiger partial charge in [0.15, 0.2) is 0 Å². The topological polar surface area (TPSA) is 29.0 Å². The van der Waals surface area contributed by atoms with E-state index in [-0.39, 0.29) is 0 Å². The van der Waals surface area contributed by atoms with Gasteiger partial charge in [-0.2, -0.15) is 0 Å². The second-order valence-corrected chi connectivity index (χ2v) is 7.05. The molecule has 0 radical (unpaired) electrons. The van der Waals surface area contributed by atoms with E-state index in [0.29, 0.717) is 0 Å². The summed E-state index contributed by atoms with van der Waals surface area (Å²) in [6.07, 6.45) is 9.57. The van der Waals surface area contributed by atoms with Gasteiger partial charge in [0.25, 0.3) is 0 Å². The van der Waals surface area contributed by atoms with Crippen LogP contribution in [-0.4, -0.2) is 9.97 Å². The van der Waals surface area contributed by atoms with E-state index in [1.165, 1.54) is 52.8 Å². The summed E-state index contributed by atoms with van der Waals surface area (Å²) in [5.41, 5.74) is 8.24. The Labute approximate surface area is 148 Å². The van der Waals surface area contributed by atoms with Crippen molar-refractivity contribution in [3.63, 3.8) is 0 Å². The van der Waals surface area contributed by atoms with Gasteiger partial charge in [0.05, 0.1) is 5.69 Å². The van der Waals surface area contributed by atoms with Crippen LogP contribution in [0, 0.1) is 6.92 Å². The number of hydrogen-bond acceptors (Lipinski definition) is 3. The van der Waals surface area contributed by atoms with Gasteiger partial charge in [0.2, 0.25) is 0 Å². The maximum atomic E-state index is 4.73. The third-order valence-corrected chi connectivity index (χ3v) is 5.52. The van der Waals surface area contributed by atoms with Gasteiger partial charge in [-0.25, -0.2) is 9.97 Å². The van der Waals surface area contributed by atoms with Crippen LogP contribution in [0.4, 0.5) is 17.3 Å². The lowest BCUT2D eigenvalue weighted by Gasteiger charge is -2.34. The fourth-order valence-corrected chi connectivity index (χ4v) is 4.31. The lowest BCUT2D eigenvalue weighted by atomic mass is 9.86. The van der Waals surface area contributed by atoms with Crippen LogP contribution in [0.5, 0.6) is 0 Å². The third kappa shape index (κ3) is 2.26. The van der Waals surface area contributed by atoms with Gasteiger partial charge >= 0.3 is 0 Å². The van der Waals surface area contributed by atoms with Gasteiger partial charge in [-0.1, -0.05) is 18.2 Å². The summed E-state index contributed by atoms with van der Waals surface area (Å²) < 4.78 is 0. The molecule has 0 saturated heterocycles. The molecule has 0 saturated carbocycles. The van der Waals surface area contributed by atoms with E-state index in [4.69, 9.17) is 9.97 Å². The van der Waals surface area contributed by atoms with Crippen LogP contribution in [0.3, 0.4) is 0 Å². The highest BCUT2D eigenvalue weighted by atomic mass is 15.2. The molecule has 0 unspecified atom stereocenters. The highest BCUT2D eigenvalue weighted by Gasteiger charge is 2.29. The molecule has 2 aliphatic rings. The molecule has 0 spiro atoms. The molecule has 1 aliphatic carbocycles. The highest BCUT2D eigenvalue weighted by molar-refractivity contribution is 5.81. The molecule has 2 aromatic heterocycles. The first-order valence-electron chi connectivity index (χ1n) is 9.12. The maximum absolute atomic E-state index is 4.73. The summed E-state index contributed by atoms with van der Waals surface area (Å²) in [5.74, 6) is 2.07. The second-order valence-electron chi connectivity index (χ2n) is 7.05. The SMILES string of the molecule is Cc1ccc(N2c3ncccc3Cc3cccnc32)c2c1CCCC2. The van der Waals surface area contributed by atoms with Crippen molar-refractivity contribution < 1.29 is 0 Å². The molecule has 3 aromatic rings. The summed E-state index contributed by atoms with van der Waals surface area (Å²) in [6, 6.07) is 13.0. The molecule has 0 amide bonds. The van der Waals surface area contributed by atoms with E-state index in [1.54, 1.807) is 0 Å². The van der Waals surface area contributed by atoms with Crippen molar-refractivity contribution in [3.05, 3.63) is 76.6 Å². The summed E-state index contributed by atoms with van der Waals surface area (Å²) in [4.78, 5) is 11.8. The highest BCUT2D eigenvalue weighted by Crippen LogP contribution is 2.44. The van der Waals surface area contributed by atoms with Crippen LogP contribution < -0.4 is 4.90 Å². The van der Waals surface area contributed by atoms with Crippen LogP contribution in [-0.2, 0) is 19.3 Å². The van der Waals surface area contributed by atoms with Gasteiger partial charge in [0.1, 0.15) is 11.6 Å². The van der Waals surface area contributed by atoms with E-state index in [9.17, 15) is 0 Å². The maximum Gasteiger partial charge on any atom is 0.142 e. The normalized spacial score (nSPS) is 15.3. The third-order valence-electron chi connectivity index (χ3n) is 5.52. The zero-order valence-electron chi connectivity index (χ0n) is 14.5. The first-order chi connectivity index (χ1) is 12.3. The van der Waals surface area contributed by atoms with Crippen molar-refractivity contribution in [1.29, 1.82) is 0 Å². The van der Waals surface area contributed by atoms with E-state index in [1.807, 2.05) is 24.5 Å². The number of aryl methyl sites for hydroxylation is 1. The number of aromatic nitrogens is 2. The number of fused-ring (bicyclic) bond motifs is 3. The number of rotatable bonds is 1. The molecule has 124 valence electrons. The number of benzene rings is 1. The summed E-state index contributed by atoms with van der Waals surface area (Å²) in [7, 11) is 0. The molecule has 0 bridgehead atoms. The molecule has 3 heterocycles. The van der Waals surface area contributed by atoms with E-state index in [0.717, 1.165) is 24.5 Å². The average molecular weight is 327 g/mol. The Bertz CT molecular complexity index is 916. The Morgan fingerprint density at radius 1 is 0.800 bits per heavy atom. The standard InChI is InChI=1S/C22H21N3/c1-15-10-11-20(19-9-3-2-8-18(15)19)25-21-16(6-4-12-23-21)14-17-7-5-13-24-22(17)25/h4-7,10-13H,2-3,8-9,14H2,1H3. The van der Waals surface area contributed by atoms with Gasteiger partial charge in [-0.3, -0.25) is 4.90 Å². The van der Waals surface area contributed by atoms with E-state index >= 15 is 0 Å². The molecule has 0 fully saturated rings. The number of hydrogen-bond donors (Lipinski definition) is 0. The van der Waals surface area contributed by atoms with Crippen molar-refractivity contribution in [3.8, 4) is 0 Å². The van der Waals surface area contributed by atoms with Crippen molar-refractivity contribution >= 4 is 17.3 Å². The minimum absolute atomic E-state index is 0.900. The summed E-state index contributed by atoms with van der Waals surface area (Å²) in [5, 5.41) is 0. The van der Waals surface area contributed by atoms with Crippen LogP contribution in [0.25, 0.3) is 0 Å². The molecule has 3 heteroatoms. The molecule has 1 aromatic carbocycles. The van der Waals surface area contributed by atoms with Crippen molar-refractivity contribution in [2.24, 2.45) is 0 Å². The smallest absolute Gasteiger partial charge is 0.142 e. The molecular weight excluding hydrogens is 306 g/mol. The van der Waals surface area contributed by atoms with Crippen molar-refractivity contribution in [2.75, 3.05) is 4.90 Å². The average Bonchev–Trinajstić information content (AvgIpc) is 2.67. The first kappa shape index (κ1) is 14.6. The Kier molecular flexibility index (Phi) is 3.34. The zero-order valence-corrected chi connectivity index (χ0v) is 14.5. The van der Waals surface area contributed by atoms with Crippen molar-refractivity contribution in [1.82, 2.24) is 9.97 Å². The fourth-order valence-electron chi connectivity index (χ4n) is 4.31. The second kappa shape index (κ2) is 5.69. The van der Waals surface area contributed by atoms with Crippen LogP contribution in [0.2, 0.25) is 0 Å². The van der Waals surface area contributed by atoms with E-state index in [2.05, 4.69) is 36.1 Å². The lowest BCUT2D eigenvalue weighted by Crippen LogP contribution is -2.23. The van der Waals surface area contributed by atoms with Gasteiger partial charge in [-0.15, -0.1) is 0 Å². The predicted octanol–water partition coefficient (Wildman–Crippen LogP) is 5.04. The molecule has 3 nitrogen and oxygen atoms in total. The van der Waals surface area contributed by atoms with Crippen molar-refractivity contribution in [2.45, 2.75) is 39.0 Å². The molecule has 25 heavy (non-hydrogen) atoms. The van der Waals surface area contributed by atoms with E-state index < -0.39 is 0 Å². The van der Waals surface area contributed by atoms with Crippen LogP contribution in [0.15, 0.2) is 48.8 Å². The zero-order chi connectivity index (χ0) is 16.8. The van der Waals surface area contributed by atoms with Gasteiger partial charge < -0.3 is 0 Å². The molecule has 1 aliphatic heterocycles. The fraction of sp³-hybridized carbons (Fsp3) is 0.273. The Morgan fingerprint density at radius 2 is 1.44 bits per heavy atom. The number of nitrogens with zero attached hydrogens (tertiary/aromatic N) is 3. The predicted molar refractivity (Wildman–Crippen MR) is 101 cm³/mol. The Hall–Kier alpha value is -2.68. The van der Waals surface area contributed by atoms with Gasteiger partial charge in [-0.05, 0) is 78.6 Å². The molecule has 5 rings (SSSR count). The quantitative estimate of drug-likeness (QED) is 0.490. The number of pyridine rings is 2.